The molecule has 0 aromatic rings. The fraction of sp³-hybridized carbons (Fsp3) is 0.875. The van der Waals surface area contributed by atoms with Gasteiger partial charge in [-0.25, -0.2) is 4.79 Å². The van der Waals surface area contributed by atoms with Crippen LogP contribution in [0.1, 0.15) is 13.8 Å². The van der Waals surface area contributed by atoms with Crippen LogP contribution in [-0.2, 0) is 9.53 Å². The number of esters is 1. The number of aliphatic hydroxyl groups excluding tert-OH is 4. The van der Waals surface area contributed by atoms with Crippen molar-refractivity contribution in [2.75, 3.05) is 19.8 Å². The van der Waals surface area contributed by atoms with Crippen LogP contribution in [0.2, 0.25) is 0 Å². The third-order valence-corrected chi connectivity index (χ3v) is 1.05. The van der Waals surface area contributed by atoms with E-state index in [1.165, 1.54) is 6.92 Å². The average Bonchev–Trinajstić information content (AvgIpc) is 2.18. The van der Waals surface area contributed by atoms with E-state index in [0.717, 1.165) is 0 Å². The van der Waals surface area contributed by atoms with Crippen molar-refractivity contribution in [2.24, 2.45) is 0 Å². The molecule has 14 heavy (non-hydrogen) atoms. The Labute approximate surface area is 82.8 Å². The highest BCUT2D eigenvalue weighted by Crippen LogP contribution is 1.84. The van der Waals surface area contributed by atoms with Crippen molar-refractivity contribution < 1.29 is 30.0 Å². The van der Waals surface area contributed by atoms with Gasteiger partial charge >= 0.3 is 5.97 Å². The van der Waals surface area contributed by atoms with E-state index >= 15 is 0 Å². The van der Waals surface area contributed by atoms with E-state index in [1.807, 2.05) is 0 Å². The maximum atomic E-state index is 10.3. The predicted molar refractivity (Wildman–Crippen MR) is 48.5 cm³/mol. The van der Waals surface area contributed by atoms with Crippen LogP contribution in [0.15, 0.2) is 0 Å². The summed E-state index contributed by atoms with van der Waals surface area (Å²) in [6, 6.07) is 0. The average molecular weight is 210 g/mol. The summed E-state index contributed by atoms with van der Waals surface area (Å²) in [6.45, 7) is 2.66. The number of hydrogen-bond acceptors (Lipinski definition) is 6. The molecule has 6 nitrogen and oxygen atoms in total. The summed E-state index contributed by atoms with van der Waals surface area (Å²) in [4.78, 5) is 10.3. The molecule has 0 bridgehead atoms. The van der Waals surface area contributed by atoms with E-state index in [0.29, 0.717) is 6.61 Å². The van der Waals surface area contributed by atoms with E-state index in [-0.39, 0.29) is 13.2 Å². The second kappa shape index (κ2) is 10.4. The zero-order chi connectivity index (χ0) is 11.6. The van der Waals surface area contributed by atoms with Gasteiger partial charge in [0.25, 0.3) is 0 Å². The van der Waals surface area contributed by atoms with Crippen LogP contribution >= 0.6 is 0 Å². The molecule has 0 radical (unpaired) electrons. The summed E-state index contributed by atoms with van der Waals surface area (Å²) in [7, 11) is 0. The zero-order valence-corrected chi connectivity index (χ0v) is 8.38. The normalized spacial score (nSPS) is 11.6. The van der Waals surface area contributed by atoms with Crippen molar-refractivity contribution in [3.8, 4) is 0 Å². The zero-order valence-electron chi connectivity index (χ0n) is 8.38. The monoisotopic (exact) mass is 210 g/mol. The van der Waals surface area contributed by atoms with Crippen molar-refractivity contribution in [3.05, 3.63) is 0 Å². The van der Waals surface area contributed by atoms with Gasteiger partial charge < -0.3 is 25.2 Å². The van der Waals surface area contributed by atoms with Gasteiger partial charge in [-0.3, -0.25) is 0 Å². The lowest BCUT2D eigenvalue weighted by Crippen LogP contribution is -2.18. The molecule has 0 aromatic carbocycles. The van der Waals surface area contributed by atoms with Crippen molar-refractivity contribution in [2.45, 2.75) is 26.1 Å². The molecule has 0 aromatic heterocycles. The molecule has 1 unspecified atom stereocenters. The summed E-state index contributed by atoms with van der Waals surface area (Å²) < 4.78 is 4.41. The second-order valence-electron chi connectivity index (χ2n) is 2.45. The lowest BCUT2D eigenvalue weighted by Gasteiger charge is -2.01. The number of hydrogen-bond donors (Lipinski definition) is 4. The van der Waals surface area contributed by atoms with Gasteiger partial charge in [0.1, 0.15) is 12.2 Å². The molecule has 0 aliphatic heterocycles. The van der Waals surface area contributed by atoms with Gasteiger partial charge in [-0.1, -0.05) is 0 Å². The first kappa shape index (κ1) is 15.8. The fourth-order valence-corrected chi connectivity index (χ4v) is 0.321. The van der Waals surface area contributed by atoms with Crippen LogP contribution in [-0.4, -0.2) is 58.4 Å². The second-order valence-corrected chi connectivity index (χ2v) is 2.45. The lowest BCUT2D eigenvalue weighted by molar-refractivity contribution is -0.151. The van der Waals surface area contributed by atoms with Crippen LogP contribution in [0.25, 0.3) is 0 Å². The van der Waals surface area contributed by atoms with Crippen molar-refractivity contribution in [1.29, 1.82) is 0 Å². The highest BCUT2D eigenvalue weighted by atomic mass is 16.5. The van der Waals surface area contributed by atoms with Crippen LogP contribution in [0, 0.1) is 0 Å². The minimum atomic E-state index is -0.991. The number of carbonyl (C=O) groups excluding carboxylic acids is 1. The van der Waals surface area contributed by atoms with E-state index in [1.54, 1.807) is 6.92 Å². The smallest absolute Gasteiger partial charge is 0.334 e. The fourth-order valence-electron chi connectivity index (χ4n) is 0.321. The summed E-state index contributed by atoms with van der Waals surface area (Å²) in [5.41, 5.74) is 0. The van der Waals surface area contributed by atoms with E-state index in [2.05, 4.69) is 4.74 Å². The number of aliphatic hydroxyl groups is 4. The summed E-state index contributed by atoms with van der Waals surface area (Å²) in [5, 5.41) is 32.5. The molecular weight excluding hydrogens is 192 g/mol. The minimum absolute atomic E-state index is 0.323. The largest absolute Gasteiger partial charge is 0.464 e. The van der Waals surface area contributed by atoms with Gasteiger partial charge in [0.05, 0.1) is 19.8 Å². The Hall–Kier alpha value is -0.690. The predicted octanol–water partition coefficient (Wildman–Crippen LogP) is -1.74. The number of ether oxygens (including phenoxy) is 1. The van der Waals surface area contributed by atoms with Gasteiger partial charge in [0.2, 0.25) is 0 Å². The van der Waals surface area contributed by atoms with Crippen molar-refractivity contribution in [1.82, 2.24) is 0 Å². The van der Waals surface area contributed by atoms with Gasteiger partial charge in [-0.2, -0.15) is 0 Å². The van der Waals surface area contributed by atoms with Gasteiger partial charge in [0, 0.05) is 0 Å². The maximum absolute atomic E-state index is 10.3. The van der Waals surface area contributed by atoms with Crippen LogP contribution < -0.4 is 0 Å². The first-order chi connectivity index (χ1) is 6.49. The Morgan fingerprint density at radius 1 is 1.29 bits per heavy atom. The molecule has 0 spiro atoms. The molecule has 0 saturated heterocycles. The quantitative estimate of drug-likeness (QED) is 0.410. The lowest BCUT2D eigenvalue weighted by atomic mass is 10.4. The molecular formula is C8H18O6. The number of rotatable bonds is 4. The molecule has 0 amide bonds. The van der Waals surface area contributed by atoms with Crippen LogP contribution in [0.3, 0.4) is 0 Å². The molecule has 6 heteroatoms. The first-order valence-electron chi connectivity index (χ1n) is 4.24. The van der Waals surface area contributed by atoms with Crippen LogP contribution in [0.4, 0.5) is 0 Å². The van der Waals surface area contributed by atoms with Gasteiger partial charge in [-0.05, 0) is 13.8 Å². The standard InChI is InChI=1S/C5H10O3.C3H8O3/c1-3-8-5(7)4(2)6;4-1-3(6)2-5/h4,6H,3H2,1-2H3;3-6H,1-2H2. The number of carbonyl (C=O) groups is 1. The Morgan fingerprint density at radius 3 is 1.79 bits per heavy atom. The Kier molecular flexibility index (Phi) is 11.7. The van der Waals surface area contributed by atoms with Crippen molar-refractivity contribution >= 4 is 5.97 Å². The molecule has 0 heterocycles. The summed E-state index contributed by atoms with van der Waals surface area (Å²) in [5.74, 6) is -0.562. The molecule has 4 N–H and O–H groups in total. The molecule has 0 saturated carbocycles. The van der Waals surface area contributed by atoms with Crippen molar-refractivity contribution in [3.63, 3.8) is 0 Å². The van der Waals surface area contributed by atoms with Crippen LogP contribution in [0.5, 0.6) is 0 Å². The summed E-state index contributed by atoms with van der Waals surface area (Å²) in [6.07, 6.45) is -1.94. The highest BCUT2D eigenvalue weighted by molar-refractivity contribution is 5.73. The molecule has 86 valence electrons. The Bertz CT molecular complexity index is 132. The molecule has 0 aliphatic rings. The minimum Gasteiger partial charge on any atom is -0.464 e. The molecule has 0 aliphatic carbocycles. The van der Waals surface area contributed by atoms with E-state index in [9.17, 15) is 4.79 Å². The topological polar surface area (TPSA) is 107 Å². The van der Waals surface area contributed by atoms with E-state index in [4.69, 9.17) is 20.4 Å². The summed E-state index contributed by atoms with van der Waals surface area (Å²) >= 11 is 0. The maximum Gasteiger partial charge on any atom is 0.334 e. The Balaban J connectivity index is 0. The van der Waals surface area contributed by atoms with Gasteiger partial charge in [-0.15, -0.1) is 0 Å². The molecule has 0 fully saturated rings. The third kappa shape index (κ3) is 11.3. The Morgan fingerprint density at radius 2 is 1.71 bits per heavy atom. The van der Waals surface area contributed by atoms with E-state index < -0.39 is 18.2 Å². The molecule has 1 atom stereocenters. The first-order valence-corrected chi connectivity index (χ1v) is 4.24. The highest BCUT2D eigenvalue weighted by Gasteiger charge is 2.07. The molecule has 0 rings (SSSR count). The van der Waals surface area contributed by atoms with Gasteiger partial charge in [0.15, 0.2) is 0 Å². The SMILES string of the molecule is CCOC(=O)C(C)O.OCC(O)CO. The third-order valence-electron chi connectivity index (χ3n) is 1.05.